The average molecular weight is 567 g/mol. The Kier molecular flexibility index (Phi) is 5.51. The number of thiophene rings is 3. The molecule has 2 unspecified atom stereocenters. The van der Waals surface area contributed by atoms with Gasteiger partial charge in [0.2, 0.25) is 11.6 Å². The van der Waals surface area contributed by atoms with E-state index in [0.717, 1.165) is 32.4 Å². The molecule has 0 spiro atoms. The minimum Gasteiger partial charge on any atom is -0.287 e. The summed E-state index contributed by atoms with van der Waals surface area (Å²) in [6.07, 6.45) is 2.14. The van der Waals surface area contributed by atoms with Crippen molar-refractivity contribution in [2.75, 3.05) is 0 Å². The molecule has 192 valence electrons. The number of allylic oxidation sites excluding steroid dienone is 1. The lowest BCUT2D eigenvalue weighted by molar-refractivity contribution is 0.0187. The normalized spacial score (nSPS) is 21.1. The van der Waals surface area contributed by atoms with Crippen LogP contribution in [0.1, 0.15) is 86.8 Å². The number of alkyl halides is 4. The van der Waals surface area contributed by atoms with E-state index in [9.17, 15) is 36.7 Å². The van der Waals surface area contributed by atoms with Gasteiger partial charge in [-0.15, -0.1) is 40.6 Å². The van der Waals surface area contributed by atoms with E-state index >= 15 is 0 Å². The third-order valence-corrected chi connectivity index (χ3v) is 11.7. The summed E-state index contributed by atoms with van der Waals surface area (Å²) in [4.78, 5) is 50.6. The highest BCUT2D eigenvalue weighted by Crippen LogP contribution is 2.50. The van der Waals surface area contributed by atoms with Gasteiger partial charge in [-0.2, -0.15) is 17.6 Å². The van der Waals surface area contributed by atoms with Crippen molar-refractivity contribution in [3.8, 4) is 0 Å². The number of ketones is 4. The first-order valence-corrected chi connectivity index (χ1v) is 13.6. The maximum Gasteiger partial charge on any atom is 0.372 e. The first kappa shape index (κ1) is 25.9. The van der Waals surface area contributed by atoms with Crippen LogP contribution in [0.3, 0.4) is 0 Å². The monoisotopic (exact) mass is 566 g/mol. The zero-order valence-electron chi connectivity index (χ0n) is 19.7. The minimum absolute atomic E-state index is 0.239. The third kappa shape index (κ3) is 3.23. The molecule has 0 saturated heterocycles. The number of hydrogen-bond donors (Lipinski definition) is 0. The summed E-state index contributed by atoms with van der Waals surface area (Å²) in [5.41, 5.74) is -2.17. The smallest absolute Gasteiger partial charge is 0.287 e. The molecule has 0 aromatic carbocycles. The fraction of sp³-hybridized carbons (Fsp3) is 0.308. The van der Waals surface area contributed by atoms with Gasteiger partial charge in [-0.05, 0) is 44.5 Å². The Morgan fingerprint density at radius 2 is 1.22 bits per heavy atom. The van der Waals surface area contributed by atoms with Gasteiger partial charge in [-0.25, -0.2) is 0 Å². The largest absolute Gasteiger partial charge is 0.372 e. The molecule has 3 aromatic heterocycles. The lowest BCUT2D eigenvalue weighted by atomic mass is 9.83. The van der Waals surface area contributed by atoms with Crippen LogP contribution in [-0.4, -0.2) is 35.0 Å². The molecule has 11 heteroatoms. The summed E-state index contributed by atoms with van der Waals surface area (Å²) in [6, 6.07) is 6.37. The molecule has 0 aliphatic heterocycles. The van der Waals surface area contributed by atoms with Crippen molar-refractivity contribution < 1.29 is 36.7 Å². The number of fused-ring (bicyclic) bond motifs is 2. The van der Waals surface area contributed by atoms with E-state index in [-0.39, 0.29) is 20.9 Å². The zero-order valence-corrected chi connectivity index (χ0v) is 22.1. The summed E-state index contributed by atoms with van der Waals surface area (Å²) in [5, 5.41) is 0. The molecule has 37 heavy (non-hydrogen) atoms. The van der Waals surface area contributed by atoms with Gasteiger partial charge in [0.25, 0.3) is 11.6 Å². The van der Waals surface area contributed by atoms with Crippen molar-refractivity contribution in [1.82, 2.24) is 0 Å². The van der Waals surface area contributed by atoms with Gasteiger partial charge in [0.1, 0.15) is 0 Å². The highest BCUT2D eigenvalue weighted by Gasteiger charge is 2.58. The lowest BCUT2D eigenvalue weighted by Gasteiger charge is -2.27. The Morgan fingerprint density at radius 1 is 0.757 bits per heavy atom. The van der Waals surface area contributed by atoms with E-state index in [0.29, 0.717) is 16.2 Å². The first-order valence-electron chi connectivity index (χ1n) is 11.1. The van der Waals surface area contributed by atoms with Crippen molar-refractivity contribution in [1.29, 1.82) is 0 Å². The van der Waals surface area contributed by atoms with Gasteiger partial charge in [0, 0.05) is 36.1 Å². The van der Waals surface area contributed by atoms with Gasteiger partial charge in [-0.3, -0.25) is 19.2 Å². The molecular formula is C26H18F4O4S3. The summed E-state index contributed by atoms with van der Waals surface area (Å²) < 4.78 is 55.6. The van der Waals surface area contributed by atoms with Crippen molar-refractivity contribution in [2.45, 2.75) is 49.9 Å². The summed E-state index contributed by atoms with van der Waals surface area (Å²) in [5.74, 6) is -14.0. The summed E-state index contributed by atoms with van der Waals surface area (Å²) in [7, 11) is 0. The zero-order chi connectivity index (χ0) is 27.3. The maximum atomic E-state index is 13.9. The van der Waals surface area contributed by atoms with E-state index in [4.69, 9.17) is 0 Å². The van der Waals surface area contributed by atoms with Crippen LogP contribution in [0.4, 0.5) is 17.6 Å². The van der Waals surface area contributed by atoms with Crippen LogP contribution >= 0.6 is 34.0 Å². The van der Waals surface area contributed by atoms with E-state index in [2.05, 4.69) is 6.58 Å². The quantitative estimate of drug-likeness (QED) is 0.181. The van der Waals surface area contributed by atoms with Crippen LogP contribution in [0, 0.1) is 0 Å². The Hall–Kier alpha value is -2.76. The fourth-order valence-corrected chi connectivity index (χ4v) is 8.69. The van der Waals surface area contributed by atoms with Crippen molar-refractivity contribution in [2.24, 2.45) is 0 Å². The highest BCUT2D eigenvalue weighted by molar-refractivity contribution is 7.17. The Bertz CT molecular complexity index is 1490. The van der Waals surface area contributed by atoms with Crippen LogP contribution in [0.25, 0.3) is 0 Å². The van der Waals surface area contributed by atoms with Gasteiger partial charge < -0.3 is 0 Å². The molecule has 0 saturated carbocycles. The Labute approximate surface area is 220 Å². The molecule has 0 radical (unpaired) electrons. The Morgan fingerprint density at radius 3 is 1.68 bits per heavy atom. The second-order valence-corrected chi connectivity index (χ2v) is 12.6. The molecule has 0 bridgehead atoms. The van der Waals surface area contributed by atoms with Gasteiger partial charge in [0.15, 0.2) is 0 Å². The molecule has 0 N–H and O–H groups in total. The molecule has 2 aliphatic rings. The highest BCUT2D eigenvalue weighted by atomic mass is 32.1. The fourth-order valence-electron chi connectivity index (χ4n) is 4.52. The summed E-state index contributed by atoms with van der Waals surface area (Å²) in [6.45, 7) is 9.49. The van der Waals surface area contributed by atoms with Crippen LogP contribution < -0.4 is 0 Å². The second-order valence-electron chi connectivity index (χ2n) is 9.43. The van der Waals surface area contributed by atoms with Crippen LogP contribution in [0.15, 0.2) is 36.9 Å². The predicted molar refractivity (Wildman–Crippen MR) is 134 cm³/mol. The van der Waals surface area contributed by atoms with E-state index < -0.39 is 45.8 Å². The number of hydrogen-bond acceptors (Lipinski definition) is 7. The number of carbonyl (C=O) groups is 4. The molecule has 0 amide bonds. The van der Waals surface area contributed by atoms with Crippen LogP contribution in [-0.2, 0) is 10.8 Å². The number of carbonyl (C=O) groups excluding carboxylic acids is 4. The predicted octanol–water partition coefficient (Wildman–Crippen LogP) is 7.11. The van der Waals surface area contributed by atoms with E-state index in [1.54, 1.807) is 13.0 Å². The second kappa shape index (κ2) is 7.87. The maximum absolute atomic E-state index is 13.9. The molecule has 2 atom stereocenters. The molecular weight excluding hydrogens is 548 g/mol. The minimum atomic E-state index is -4.04. The van der Waals surface area contributed by atoms with E-state index in [1.165, 1.54) is 23.5 Å². The standard InChI is InChI=1S/C26H18F4O4S3/c1-5-23(3,15-9-11-17(36-15)21(33)25(27,28)19(11)31)13-7-8-14(35-13)24(4,6-2)16-10-12-18(37-16)22(34)26(29,30)20(12)32/h5,7-10H,1,6H2,2-4H3. The molecule has 3 heterocycles. The lowest BCUT2D eigenvalue weighted by Crippen LogP contribution is -2.30. The number of rotatable bonds is 6. The van der Waals surface area contributed by atoms with E-state index in [1.807, 2.05) is 26.0 Å². The van der Waals surface area contributed by atoms with Crippen LogP contribution in [0.5, 0.6) is 0 Å². The van der Waals surface area contributed by atoms with Gasteiger partial charge in [0.05, 0.1) is 15.2 Å². The summed E-state index contributed by atoms with van der Waals surface area (Å²) >= 11 is 3.10. The van der Waals surface area contributed by atoms with Crippen LogP contribution in [0.2, 0.25) is 0 Å². The van der Waals surface area contributed by atoms with Crippen molar-refractivity contribution >= 4 is 57.1 Å². The first-order chi connectivity index (χ1) is 17.1. The average Bonchev–Trinajstić information content (AvgIpc) is 3.67. The van der Waals surface area contributed by atoms with Crippen molar-refractivity contribution in [3.63, 3.8) is 0 Å². The third-order valence-electron chi connectivity index (χ3n) is 7.34. The topological polar surface area (TPSA) is 68.3 Å². The Balaban J connectivity index is 1.54. The van der Waals surface area contributed by atoms with Gasteiger partial charge >= 0.3 is 11.8 Å². The van der Waals surface area contributed by atoms with Crippen molar-refractivity contribution in [3.05, 3.63) is 77.3 Å². The number of Topliss-reactive ketones (excluding diaryl/α,β-unsaturated/α-hetero) is 4. The SMILES string of the molecule is C=CC(C)(c1ccc(C(C)(CC)c2cc3c(s2)C(=O)C(F)(F)C3=O)s1)c1cc2c(s1)C(=O)C(F)(F)C2=O. The molecule has 4 nitrogen and oxygen atoms in total. The molecule has 5 rings (SSSR count). The molecule has 3 aromatic rings. The molecule has 2 aliphatic carbocycles. The van der Waals surface area contributed by atoms with Gasteiger partial charge in [-0.1, -0.05) is 13.0 Å². The number of halogens is 4. The molecule has 0 fully saturated rings.